The predicted octanol–water partition coefficient (Wildman–Crippen LogP) is 4.18. The van der Waals surface area contributed by atoms with Crippen molar-refractivity contribution in [3.8, 4) is 0 Å². The molecule has 0 saturated carbocycles. The van der Waals surface area contributed by atoms with Crippen LogP contribution in [0.1, 0.15) is 33.8 Å². The highest BCUT2D eigenvalue weighted by Gasteiger charge is 2.34. The van der Waals surface area contributed by atoms with E-state index in [0.29, 0.717) is 23.5 Å². The number of carbonyl (C=O) groups excluding carboxylic acids is 2. The number of nitrogens with one attached hydrogen (secondary N) is 1. The van der Waals surface area contributed by atoms with Crippen molar-refractivity contribution in [3.05, 3.63) is 64.0 Å². The van der Waals surface area contributed by atoms with Crippen LogP contribution in [0.15, 0.2) is 52.7 Å². The van der Waals surface area contributed by atoms with E-state index in [1.165, 1.54) is 11.3 Å². The molecule has 1 aliphatic heterocycles. The third kappa shape index (κ3) is 2.95. The van der Waals surface area contributed by atoms with E-state index in [1.807, 2.05) is 23.6 Å². The number of pyridine rings is 1. The van der Waals surface area contributed by atoms with Crippen molar-refractivity contribution in [1.82, 2.24) is 9.55 Å². The van der Waals surface area contributed by atoms with Gasteiger partial charge in [0.05, 0.1) is 26.2 Å². The molecule has 0 radical (unpaired) electrons. The number of aromatic nitrogens is 2. The second-order valence-corrected chi connectivity index (χ2v) is 8.47. The molecule has 26 heavy (non-hydrogen) atoms. The number of nitrogens with zero attached hydrogens (tertiary/aromatic N) is 3. The van der Waals surface area contributed by atoms with Gasteiger partial charge in [0.15, 0.2) is 0 Å². The normalized spacial score (nSPS) is 16.5. The Bertz CT molecular complexity index is 982. The average Bonchev–Trinajstić information content (AvgIpc) is 3.26. The molecule has 0 fully saturated rings. The largest absolute Gasteiger partial charge is 0.338 e. The summed E-state index contributed by atoms with van der Waals surface area (Å²) < 4.78 is 2.84. The van der Waals surface area contributed by atoms with Crippen LogP contribution >= 0.6 is 27.3 Å². The van der Waals surface area contributed by atoms with Gasteiger partial charge in [0.2, 0.25) is 0 Å². The van der Waals surface area contributed by atoms with E-state index in [0.717, 1.165) is 8.79 Å². The van der Waals surface area contributed by atoms with Crippen LogP contribution in [0.4, 0.5) is 10.7 Å². The Morgan fingerprint density at radius 3 is 2.88 bits per heavy atom. The summed E-state index contributed by atoms with van der Waals surface area (Å²) in [5.41, 5.74) is 1.37. The Hall–Kier alpha value is -2.45. The first-order chi connectivity index (χ1) is 12.5. The fourth-order valence-corrected chi connectivity index (χ4v) is 4.43. The highest BCUT2D eigenvalue weighted by Crippen LogP contribution is 2.35. The quantitative estimate of drug-likeness (QED) is 0.677. The lowest BCUT2D eigenvalue weighted by atomic mass is 10.1. The van der Waals surface area contributed by atoms with Gasteiger partial charge < -0.3 is 9.88 Å². The minimum absolute atomic E-state index is 0.0727. The SMILES string of the molecule is C[C@H]1CN(c2ccc(Br)s2)C(=O)c2c(C(=O)Nc3cccnc3)ccn21. The molecule has 0 bridgehead atoms. The van der Waals surface area contributed by atoms with Crippen molar-refractivity contribution in [1.29, 1.82) is 0 Å². The number of hydrogen-bond donors (Lipinski definition) is 1. The first kappa shape index (κ1) is 17.0. The summed E-state index contributed by atoms with van der Waals surface area (Å²) in [4.78, 5) is 31.6. The van der Waals surface area contributed by atoms with Crippen LogP contribution in [0.25, 0.3) is 0 Å². The van der Waals surface area contributed by atoms with Gasteiger partial charge in [0, 0.05) is 25.0 Å². The number of halogens is 1. The smallest absolute Gasteiger partial charge is 0.276 e. The van der Waals surface area contributed by atoms with Crippen molar-refractivity contribution in [2.45, 2.75) is 13.0 Å². The topological polar surface area (TPSA) is 67.2 Å². The lowest BCUT2D eigenvalue weighted by molar-refractivity contribution is 0.0943. The van der Waals surface area contributed by atoms with Gasteiger partial charge in [-0.15, -0.1) is 11.3 Å². The maximum Gasteiger partial charge on any atom is 0.276 e. The third-order valence-corrected chi connectivity index (χ3v) is 5.92. The Morgan fingerprint density at radius 2 is 2.19 bits per heavy atom. The molecule has 3 aromatic heterocycles. The maximum atomic E-state index is 13.1. The number of thiophene rings is 1. The van der Waals surface area contributed by atoms with Crippen molar-refractivity contribution in [2.24, 2.45) is 0 Å². The summed E-state index contributed by atoms with van der Waals surface area (Å²) in [6.45, 7) is 2.60. The van der Waals surface area contributed by atoms with Crippen LogP contribution in [-0.2, 0) is 0 Å². The molecular weight excluding hydrogens is 416 g/mol. The van der Waals surface area contributed by atoms with Crippen molar-refractivity contribution >= 4 is 49.8 Å². The standard InChI is InChI=1S/C18H15BrN4O2S/c1-11-10-23(15-5-4-14(19)26-15)18(25)16-13(6-8-22(11)16)17(24)21-12-3-2-7-20-9-12/h2-9,11H,10H2,1H3,(H,21,24)/t11-/m0/s1. The predicted molar refractivity (Wildman–Crippen MR) is 105 cm³/mol. The molecular formula is C18H15BrN4O2S. The van der Waals surface area contributed by atoms with Crippen LogP contribution in [-0.4, -0.2) is 27.9 Å². The van der Waals surface area contributed by atoms with Gasteiger partial charge in [-0.3, -0.25) is 19.5 Å². The van der Waals surface area contributed by atoms with Gasteiger partial charge >= 0.3 is 0 Å². The third-order valence-electron chi connectivity index (χ3n) is 4.27. The van der Waals surface area contributed by atoms with E-state index < -0.39 is 0 Å². The van der Waals surface area contributed by atoms with Gasteiger partial charge in [-0.05, 0) is 53.2 Å². The first-order valence-electron chi connectivity index (χ1n) is 8.04. The number of rotatable bonds is 3. The molecule has 4 heterocycles. The fraction of sp³-hybridized carbons (Fsp3) is 0.167. The molecule has 1 aliphatic rings. The van der Waals surface area contributed by atoms with E-state index in [2.05, 4.69) is 26.2 Å². The van der Waals surface area contributed by atoms with E-state index in [-0.39, 0.29) is 17.9 Å². The lowest BCUT2D eigenvalue weighted by Gasteiger charge is -2.32. The minimum Gasteiger partial charge on any atom is -0.338 e. The van der Waals surface area contributed by atoms with E-state index in [4.69, 9.17) is 0 Å². The minimum atomic E-state index is -0.318. The number of amides is 2. The Balaban J connectivity index is 1.69. The van der Waals surface area contributed by atoms with Crippen molar-refractivity contribution in [3.63, 3.8) is 0 Å². The van der Waals surface area contributed by atoms with E-state index in [1.54, 1.807) is 41.7 Å². The Labute approximate surface area is 162 Å². The molecule has 0 spiro atoms. The summed E-state index contributed by atoms with van der Waals surface area (Å²) in [6.07, 6.45) is 5.01. The van der Waals surface area contributed by atoms with Gasteiger partial charge in [0.1, 0.15) is 5.69 Å². The zero-order valence-electron chi connectivity index (χ0n) is 13.8. The zero-order chi connectivity index (χ0) is 18.3. The molecule has 1 N–H and O–H groups in total. The van der Waals surface area contributed by atoms with Crippen molar-refractivity contribution in [2.75, 3.05) is 16.8 Å². The van der Waals surface area contributed by atoms with E-state index in [9.17, 15) is 9.59 Å². The molecule has 132 valence electrons. The molecule has 8 heteroatoms. The van der Waals surface area contributed by atoms with Crippen LogP contribution in [0, 0.1) is 0 Å². The molecule has 4 rings (SSSR count). The Kier molecular flexibility index (Phi) is 4.37. The number of fused-ring (bicyclic) bond motifs is 1. The molecule has 0 unspecified atom stereocenters. The number of carbonyl (C=O) groups is 2. The summed E-state index contributed by atoms with van der Waals surface area (Å²) in [5, 5.41) is 3.66. The molecule has 2 amide bonds. The lowest BCUT2D eigenvalue weighted by Crippen LogP contribution is -2.42. The van der Waals surface area contributed by atoms with Crippen LogP contribution < -0.4 is 10.2 Å². The molecule has 3 aromatic rings. The molecule has 6 nitrogen and oxygen atoms in total. The monoisotopic (exact) mass is 430 g/mol. The molecule has 1 atom stereocenters. The van der Waals surface area contributed by atoms with Crippen LogP contribution in [0.3, 0.4) is 0 Å². The number of hydrogen-bond acceptors (Lipinski definition) is 4. The number of anilines is 2. The molecule has 0 aliphatic carbocycles. The summed E-state index contributed by atoms with van der Waals surface area (Å²) in [7, 11) is 0. The van der Waals surface area contributed by atoms with Crippen molar-refractivity contribution < 1.29 is 9.59 Å². The summed E-state index contributed by atoms with van der Waals surface area (Å²) >= 11 is 4.94. The highest BCUT2D eigenvalue weighted by atomic mass is 79.9. The maximum absolute atomic E-state index is 13.1. The summed E-state index contributed by atoms with van der Waals surface area (Å²) in [5.74, 6) is -0.486. The average molecular weight is 431 g/mol. The first-order valence-corrected chi connectivity index (χ1v) is 9.65. The second-order valence-electron chi connectivity index (χ2n) is 6.02. The van der Waals surface area contributed by atoms with E-state index >= 15 is 0 Å². The molecule has 0 aromatic carbocycles. The Morgan fingerprint density at radius 1 is 1.35 bits per heavy atom. The summed E-state index contributed by atoms with van der Waals surface area (Å²) in [6, 6.07) is 9.10. The van der Waals surface area contributed by atoms with Gasteiger partial charge in [0.25, 0.3) is 11.8 Å². The fourth-order valence-electron chi connectivity index (χ4n) is 3.06. The highest BCUT2D eigenvalue weighted by molar-refractivity contribution is 9.11. The zero-order valence-corrected chi connectivity index (χ0v) is 16.3. The molecule has 0 saturated heterocycles. The van der Waals surface area contributed by atoms with Gasteiger partial charge in [-0.2, -0.15) is 0 Å². The van der Waals surface area contributed by atoms with Gasteiger partial charge in [-0.25, -0.2) is 0 Å². The van der Waals surface area contributed by atoms with Crippen LogP contribution in [0.2, 0.25) is 0 Å². The van der Waals surface area contributed by atoms with Crippen LogP contribution in [0.5, 0.6) is 0 Å². The second kappa shape index (κ2) is 6.69. The van der Waals surface area contributed by atoms with Gasteiger partial charge in [-0.1, -0.05) is 0 Å².